The molecule has 0 aromatic heterocycles. The molecule has 2 aliphatic rings. The van der Waals surface area contributed by atoms with Crippen LogP contribution < -0.4 is 27.0 Å². The topological polar surface area (TPSA) is 364 Å². The van der Waals surface area contributed by atoms with Crippen molar-refractivity contribution < 1.29 is 68.8 Å². The lowest BCUT2D eigenvalue weighted by molar-refractivity contribution is -0.140. The van der Waals surface area contributed by atoms with E-state index in [9.17, 15) is 68.8 Å². The third kappa shape index (κ3) is 20.4. The number of hydrogen-bond donors (Lipinski definition) is 11. The molecule has 0 radical (unpaired) electrons. The van der Waals surface area contributed by atoms with Gasteiger partial charge in [0.1, 0.15) is 6.04 Å². The van der Waals surface area contributed by atoms with Crippen LogP contribution in [0, 0.1) is 0 Å². The van der Waals surface area contributed by atoms with E-state index in [2.05, 4.69) is 26.3 Å². The minimum Gasteiger partial charge on any atom is -0.480 e. The fraction of sp³-hybridized carbons (Fsp3) is 0.596. The van der Waals surface area contributed by atoms with Gasteiger partial charge < -0.3 is 67.3 Å². The second-order valence-electron chi connectivity index (χ2n) is 18.6. The number of carbonyl (C=O) groups is 8. The molecule has 0 aliphatic carbocycles. The van der Waals surface area contributed by atoms with Crippen LogP contribution in [0.25, 0.3) is 10.8 Å². The Morgan fingerprint density at radius 2 is 1.16 bits per heavy atom. The minimum atomic E-state index is -1.85. The summed E-state index contributed by atoms with van der Waals surface area (Å²) < 4.78 is 0. The van der Waals surface area contributed by atoms with Gasteiger partial charge in [-0.1, -0.05) is 24.3 Å². The van der Waals surface area contributed by atoms with Gasteiger partial charge in [-0.25, -0.2) is 0 Å². The van der Waals surface area contributed by atoms with Crippen molar-refractivity contribution >= 4 is 71.3 Å². The number of unbranched alkanes of at least 4 members (excludes halogenated alkanes) is 2. The molecular weight excluding hydrogens is 967 g/mol. The Labute approximate surface area is 430 Å². The summed E-state index contributed by atoms with van der Waals surface area (Å²) in [5.74, 6) is -6.38. The van der Waals surface area contributed by atoms with E-state index < -0.39 is 73.3 Å². The SMILES string of the molecule is CN(C)C(N)=NCCC[C@H](NC(=O)CN1CCN(CC(=O)O)CCN(CC(=O)O)CCN(CC(=O)O)CC1)C(=O)NCCCCCNC(=O)c1ccc(C(=O)NCC(=O)N2C[C@@H](O)CC2B(O)O)c2ccccc12. The number of guanidine groups is 1. The van der Waals surface area contributed by atoms with Crippen molar-refractivity contribution in [1.29, 1.82) is 0 Å². The van der Waals surface area contributed by atoms with E-state index in [4.69, 9.17) is 5.73 Å². The number of nitrogens with zero attached hydrogens (tertiary/aromatic N) is 7. The first-order chi connectivity index (χ1) is 35.2. The summed E-state index contributed by atoms with van der Waals surface area (Å²) in [6.07, 6.45) is 1.42. The summed E-state index contributed by atoms with van der Waals surface area (Å²) in [7, 11) is 1.63. The van der Waals surface area contributed by atoms with E-state index in [0.29, 0.717) is 54.5 Å². The summed E-state index contributed by atoms with van der Waals surface area (Å²) in [6.45, 7) is 0.936. The van der Waals surface area contributed by atoms with Gasteiger partial charge in [-0.15, -0.1) is 0 Å². The molecule has 26 nitrogen and oxygen atoms in total. The number of benzene rings is 2. The van der Waals surface area contributed by atoms with Crippen LogP contribution in [0.1, 0.15) is 59.2 Å². The number of carboxylic acids is 3. The Kier molecular flexibility index (Phi) is 24.9. The highest BCUT2D eigenvalue weighted by Gasteiger charge is 2.41. The van der Waals surface area contributed by atoms with Crippen LogP contribution in [0.2, 0.25) is 0 Å². The molecular formula is C47H73BN12O14. The number of aliphatic carboxylic acids is 3. The quantitative estimate of drug-likeness (QED) is 0.0196. The molecule has 74 heavy (non-hydrogen) atoms. The number of likely N-dealkylation sites (tertiary alicyclic amines) is 1. The molecule has 2 saturated heterocycles. The summed E-state index contributed by atoms with van der Waals surface area (Å²) in [6, 6.07) is 8.86. The molecule has 3 atom stereocenters. The number of β-amino-alcohol motifs (C(OH)–C–C–N with tert-alkyl or cyclic N) is 1. The summed E-state index contributed by atoms with van der Waals surface area (Å²) in [4.78, 5) is 116. The van der Waals surface area contributed by atoms with Crippen molar-refractivity contribution in [3.8, 4) is 0 Å². The van der Waals surface area contributed by atoms with Crippen molar-refractivity contribution in [3.63, 3.8) is 0 Å². The van der Waals surface area contributed by atoms with E-state index in [-0.39, 0.29) is 122 Å². The number of nitrogens with one attached hydrogen (secondary N) is 4. The smallest absolute Gasteiger partial charge is 0.475 e. The maximum atomic E-state index is 13.7. The molecule has 2 aromatic carbocycles. The third-order valence-corrected chi connectivity index (χ3v) is 12.6. The molecule has 2 heterocycles. The van der Waals surface area contributed by atoms with Gasteiger partial charge in [0, 0.05) is 104 Å². The molecule has 0 bridgehead atoms. The van der Waals surface area contributed by atoms with Crippen LogP contribution in [0.15, 0.2) is 41.4 Å². The highest BCUT2D eigenvalue weighted by atomic mass is 16.4. The van der Waals surface area contributed by atoms with E-state index in [1.165, 1.54) is 12.1 Å². The number of hydrogen-bond acceptors (Lipinski definition) is 16. The van der Waals surface area contributed by atoms with Crippen LogP contribution in [0.3, 0.4) is 0 Å². The number of carbonyl (C=O) groups excluding carboxylic acids is 5. The number of nitrogens with two attached hydrogens (primary N) is 1. The molecule has 0 spiro atoms. The molecule has 2 aromatic rings. The largest absolute Gasteiger partial charge is 0.480 e. The lowest BCUT2D eigenvalue weighted by Crippen LogP contribution is -2.52. The van der Waals surface area contributed by atoms with Gasteiger partial charge >= 0.3 is 25.0 Å². The van der Waals surface area contributed by atoms with Crippen molar-refractivity contribution in [2.24, 2.45) is 10.7 Å². The average Bonchev–Trinajstić information content (AvgIpc) is 3.75. The number of rotatable bonds is 25. The van der Waals surface area contributed by atoms with Crippen LogP contribution in [-0.2, 0) is 28.8 Å². The van der Waals surface area contributed by atoms with Crippen LogP contribution in [-0.4, -0.2) is 264 Å². The molecule has 2 aliphatic heterocycles. The third-order valence-electron chi connectivity index (χ3n) is 12.6. The fourth-order valence-electron chi connectivity index (χ4n) is 8.65. The van der Waals surface area contributed by atoms with Gasteiger partial charge in [0.15, 0.2) is 5.96 Å². The lowest BCUT2D eigenvalue weighted by atomic mass is 9.77. The van der Waals surface area contributed by atoms with Crippen molar-refractivity contribution in [3.05, 3.63) is 47.5 Å². The second-order valence-corrected chi connectivity index (χ2v) is 18.6. The van der Waals surface area contributed by atoms with E-state index in [0.717, 1.165) is 4.90 Å². The molecule has 2 fully saturated rings. The molecule has 4 rings (SSSR count). The van der Waals surface area contributed by atoms with Crippen molar-refractivity contribution in [1.82, 2.24) is 50.7 Å². The van der Waals surface area contributed by atoms with Gasteiger partial charge in [-0.3, -0.25) is 62.9 Å². The highest BCUT2D eigenvalue weighted by Crippen LogP contribution is 2.24. The van der Waals surface area contributed by atoms with Gasteiger partial charge in [-0.2, -0.15) is 0 Å². The molecule has 408 valence electrons. The number of amides is 5. The van der Waals surface area contributed by atoms with E-state index >= 15 is 0 Å². The maximum absolute atomic E-state index is 13.7. The standard InChI is InChI=1S/C47H73BN12O14/c1-55(2)47(49)52-16-8-11-37(54-39(62)28-56-17-19-57(29-41(64)65)21-23-59(31-43(68)69)24-22-58(20-18-56)30-42(66)67)46(72)51-15-7-3-6-14-50-44(70)35-12-13-36(34-10-5-4-9-33(34)35)45(71)53-26-40(63)60-27-32(61)25-38(60)48(73)74/h4-5,9-10,12-13,32,37-38,61,73-74H,3,6-8,11,14-31H2,1-2H3,(H2,49,52)(H,50,70)(H,51,72)(H,53,71)(H,54,62)(H,64,65)(H,66,67)(H,68,69)/t32-,37-,38?/m0/s1. The Morgan fingerprint density at radius 1 is 0.689 bits per heavy atom. The van der Waals surface area contributed by atoms with Gasteiger partial charge in [0.05, 0.1) is 44.8 Å². The summed E-state index contributed by atoms with van der Waals surface area (Å²) >= 11 is 0. The van der Waals surface area contributed by atoms with Crippen molar-refractivity contribution in [2.45, 2.75) is 56.6 Å². The van der Waals surface area contributed by atoms with Crippen molar-refractivity contribution in [2.75, 3.05) is 125 Å². The Balaban J connectivity index is 1.31. The monoisotopic (exact) mass is 1040 g/mol. The van der Waals surface area contributed by atoms with Gasteiger partial charge in [0.2, 0.25) is 17.7 Å². The van der Waals surface area contributed by atoms with Gasteiger partial charge in [0.25, 0.3) is 11.8 Å². The number of aliphatic hydroxyl groups excluding tert-OH is 1. The number of fused-ring (bicyclic) bond motifs is 1. The van der Waals surface area contributed by atoms with Gasteiger partial charge in [-0.05, 0) is 61.4 Å². The Hall–Kier alpha value is -6.49. The van der Waals surface area contributed by atoms with Crippen LogP contribution in [0.5, 0.6) is 0 Å². The molecule has 12 N–H and O–H groups in total. The molecule has 0 saturated carbocycles. The predicted molar refractivity (Wildman–Crippen MR) is 272 cm³/mol. The number of aliphatic imine (C=N–C) groups is 1. The maximum Gasteiger partial charge on any atom is 0.475 e. The lowest BCUT2D eigenvalue weighted by Gasteiger charge is -2.33. The zero-order valence-corrected chi connectivity index (χ0v) is 42.2. The normalized spacial score (nSPS) is 18.1. The highest BCUT2D eigenvalue weighted by molar-refractivity contribution is 6.43. The predicted octanol–water partition coefficient (Wildman–Crippen LogP) is -3.82. The molecule has 5 amide bonds. The zero-order valence-electron chi connectivity index (χ0n) is 42.2. The first-order valence-electron chi connectivity index (χ1n) is 24.7. The van der Waals surface area contributed by atoms with E-state index in [1.54, 1.807) is 62.9 Å². The fourth-order valence-corrected chi connectivity index (χ4v) is 8.65. The number of carboxylic acid groups (broad SMARTS) is 3. The van der Waals surface area contributed by atoms with E-state index in [1.807, 2.05) is 0 Å². The minimum absolute atomic E-state index is 0.00680. The second kappa shape index (κ2) is 30.6. The first kappa shape index (κ1) is 60.1. The zero-order chi connectivity index (χ0) is 54.3. The number of aliphatic hydroxyl groups is 1. The first-order valence-corrected chi connectivity index (χ1v) is 24.7. The molecule has 1 unspecified atom stereocenters. The Bertz CT molecular complexity index is 2240. The van der Waals surface area contributed by atoms with Crippen LogP contribution >= 0.6 is 0 Å². The Morgan fingerprint density at radius 3 is 1.64 bits per heavy atom. The summed E-state index contributed by atoms with van der Waals surface area (Å²) in [5.41, 5.74) is 6.48. The van der Waals surface area contributed by atoms with Crippen LogP contribution in [0.4, 0.5) is 0 Å². The average molecular weight is 1040 g/mol. The summed E-state index contributed by atoms with van der Waals surface area (Å²) in [5, 5.41) is 70.0. The molecule has 27 heteroatoms.